The van der Waals surface area contributed by atoms with E-state index in [1.54, 1.807) is 12.4 Å². The molecule has 2 heterocycles. The van der Waals surface area contributed by atoms with E-state index in [1.807, 2.05) is 18.2 Å². The quantitative estimate of drug-likeness (QED) is 0.582. The van der Waals surface area contributed by atoms with Crippen molar-refractivity contribution < 1.29 is 4.79 Å². The van der Waals surface area contributed by atoms with Gasteiger partial charge in [0.25, 0.3) is 5.91 Å². The van der Waals surface area contributed by atoms with Crippen LogP contribution in [0.2, 0.25) is 0 Å². The van der Waals surface area contributed by atoms with E-state index >= 15 is 0 Å². The summed E-state index contributed by atoms with van der Waals surface area (Å²) in [7, 11) is 0. The third kappa shape index (κ3) is 0.821. The molecule has 0 spiro atoms. The summed E-state index contributed by atoms with van der Waals surface area (Å²) in [4.78, 5) is 15.6. The van der Waals surface area contributed by atoms with Gasteiger partial charge in [0.2, 0.25) is 0 Å². The Balaban J connectivity index is 2.52. The lowest BCUT2D eigenvalue weighted by molar-refractivity contribution is 0.0992. The van der Waals surface area contributed by atoms with Crippen molar-refractivity contribution >= 4 is 18.2 Å². The number of fused-ring (bicyclic) bond motifs is 3. The highest BCUT2D eigenvalue weighted by Gasteiger charge is 2.16. The standard InChI is InChI=1S/C10H5N3O/c14-10-9-6(5-12-13-10)1-2-8-7(9)3-4-11-8/h1-5H. The second-order valence-electron chi connectivity index (χ2n) is 3.06. The maximum Gasteiger partial charge on any atom is 0.296 e. The zero-order chi connectivity index (χ0) is 9.54. The van der Waals surface area contributed by atoms with E-state index in [-0.39, 0.29) is 5.91 Å². The summed E-state index contributed by atoms with van der Waals surface area (Å²) in [6, 6.07) is 3.71. The predicted molar refractivity (Wildman–Crippen MR) is 49.9 cm³/mol. The van der Waals surface area contributed by atoms with Crippen molar-refractivity contribution in [2.75, 3.05) is 0 Å². The first-order valence-electron chi connectivity index (χ1n) is 4.19. The summed E-state index contributed by atoms with van der Waals surface area (Å²) in [6.45, 7) is 0. The van der Waals surface area contributed by atoms with Crippen LogP contribution in [0.15, 0.2) is 33.6 Å². The van der Waals surface area contributed by atoms with Crippen LogP contribution >= 0.6 is 0 Å². The van der Waals surface area contributed by atoms with Crippen molar-refractivity contribution in [3.05, 3.63) is 40.0 Å². The van der Waals surface area contributed by atoms with Crippen LogP contribution < -0.4 is 10.6 Å². The molecule has 0 saturated heterocycles. The normalized spacial score (nSPS) is 15.9. The van der Waals surface area contributed by atoms with Gasteiger partial charge in [-0.2, -0.15) is 5.11 Å². The van der Waals surface area contributed by atoms with Gasteiger partial charge < -0.3 is 0 Å². The molecular formula is C10H5N3O. The van der Waals surface area contributed by atoms with Crippen molar-refractivity contribution in [3.8, 4) is 0 Å². The molecule has 0 fully saturated rings. The molecule has 14 heavy (non-hydrogen) atoms. The largest absolute Gasteiger partial charge is 0.296 e. The average molecular weight is 183 g/mol. The van der Waals surface area contributed by atoms with E-state index < -0.39 is 0 Å². The minimum Gasteiger partial charge on any atom is -0.265 e. The third-order valence-electron chi connectivity index (χ3n) is 2.27. The van der Waals surface area contributed by atoms with Crippen LogP contribution in [0.5, 0.6) is 0 Å². The van der Waals surface area contributed by atoms with Gasteiger partial charge in [0, 0.05) is 17.0 Å². The first kappa shape index (κ1) is 7.32. The highest BCUT2D eigenvalue weighted by Crippen LogP contribution is 2.10. The molecule has 1 aromatic rings. The fourth-order valence-electron chi connectivity index (χ4n) is 1.64. The van der Waals surface area contributed by atoms with Crippen LogP contribution in [0.25, 0.3) is 12.3 Å². The fraction of sp³-hybridized carbons (Fsp3) is 0. The Morgan fingerprint density at radius 1 is 1.21 bits per heavy atom. The highest BCUT2D eigenvalue weighted by molar-refractivity contribution is 5.99. The van der Waals surface area contributed by atoms with Gasteiger partial charge in [-0.05, 0) is 12.1 Å². The smallest absolute Gasteiger partial charge is 0.265 e. The number of carbonyl (C=O) groups is 1. The summed E-state index contributed by atoms with van der Waals surface area (Å²) in [5.41, 5.74) is 1.46. The summed E-state index contributed by atoms with van der Waals surface area (Å²) < 4.78 is 0. The molecule has 0 atom stereocenters. The zero-order valence-corrected chi connectivity index (χ0v) is 7.14. The van der Waals surface area contributed by atoms with Crippen LogP contribution in [0.3, 0.4) is 0 Å². The van der Waals surface area contributed by atoms with E-state index in [4.69, 9.17) is 0 Å². The monoisotopic (exact) mass is 183 g/mol. The van der Waals surface area contributed by atoms with Gasteiger partial charge >= 0.3 is 0 Å². The Morgan fingerprint density at radius 2 is 2.14 bits per heavy atom. The molecule has 3 rings (SSSR count). The van der Waals surface area contributed by atoms with E-state index in [9.17, 15) is 4.79 Å². The molecule has 1 amide bonds. The Morgan fingerprint density at radius 3 is 3.07 bits per heavy atom. The van der Waals surface area contributed by atoms with E-state index in [1.165, 1.54) is 0 Å². The van der Waals surface area contributed by atoms with Gasteiger partial charge in [0.15, 0.2) is 0 Å². The van der Waals surface area contributed by atoms with Crippen LogP contribution in [-0.4, -0.2) is 5.91 Å². The highest BCUT2D eigenvalue weighted by atomic mass is 16.1. The molecule has 0 radical (unpaired) electrons. The Labute approximate surface area is 79.0 Å². The summed E-state index contributed by atoms with van der Waals surface area (Å²) >= 11 is 0. The molecule has 0 unspecified atom stereocenters. The Hall–Kier alpha value is -2.10. The molecular weight excluding hydrogens is 178 g/mol. The second-order valence-corrected chi connectivity index (χ2v) is 3.06. The molecule has 66 valence electrons. The molecule has 1 aromatic carbocycles. The van der Waals surface area contributed by atoms with Gasteiger partial charge in [-0.25, -0.2) is 0 Å². The van der Waals surface area contributed by atoms with E-state index in [0.29, 0.717) is 5.56 Å². The molecule has 4 nitrogen and oxygen atoms in total. The molecule has 0 N–H and O–H groups in total. The number of azo groups is 1. The van der Waals surface area contributed by atoms with Gasteiger partial charge in [0.05, 0.1) is 17.1 Å². The van der Waals surface area contributed by atoms with Crippen molar-refractivity contribution in [2.45, 2.75) is 0 Å². The lowest BCUT2D eigenvalue weighted by Gasteiger charge is -2.03. The number of benzene rings is 1. The molecule has 2 aliphatic rings. The number of carbonyl (C=O) groups excluding carboxylic acids is 1. The van der Waals surface area contributed by atoms with Gasteiger partial charge in [-0.3, -0.25) is 9.79 Å². The Bertz CT molecular complexity index is 611. The maximum atomic E-state index is 11.5. The molecule has 0 aliphatic carbocycles. The summed E-state index contributed by atoms with van der Waals surface area (Å²) in [5.74, 6) is -0.291. The van der Waals surface area contributed by atoms with Crippen molar-refractivity contribution in [1.29, 1.82) is 0 Å². The molecule has 0 bridgehead atoms. The molecule has 4 heteroatoms. The third-order valence-corrected chi connectivity index (χ3v) is 2.27. The van der Waals surface area contributed by atoms with Gasteiger partial charge in [-0.15, -0.1) is 5.11 Å². The first-order valence-corrected chi connectivity index (χ1v) is 4.19. The predicted octanol–water partition coefficient (Wildman–Crippen LogP) is 0.635. The van der Waals surface area contributed by atoms with Crippen molar-refractivity contribution in [2.24, 2.45) is 15.2 Å². The minimum absolute atomic E-state index is 0.291. The number of hydrogen-bond acceptors (Lipinski definition) is 3. The van der Waals surface area contributed by atoms with Crippen LogP contribution in [0, 0.1) is 0 Å². The number of hydrogen-bond donors (Lipinski definition) is 0. The topological polar surface area (TPSA) is 54.1 Å². The maximum absolute atomic E-state index is 11.5. The zero-order valence-electron chi connectivity index (χ0n) is 7.14. The van der Waals surface area contributed by atoms with E-state index in [0.717, 1.165) is 16.1 Å². The lowest BCUT2D eigenvalue weighted by atomic mass is 10.0. The van der Waals surface area contributed by atoms with Gasteiger partial charge in [0.1, 0.15) is 0 Å². The minimum atomic E-state index is -0.291. The fourth-order valence-corrected chi connectivity index (χ4v) is 1.64. The van der Waals surface area contributed by atoms with Crippen molar-refractivity contribution in [1.82, 2.24) is 0 Å². The molecule has 2 aliphatic heterocycles. The number of amides is 1. The lowest BCUT2D eigenvalue weighted by Crippen LogP contribution is -2.23. The first-order chi connectivity index (χ1) is 6.86. The molecule has 0 aromatic heterocycles. The second kappa shape index (κ2) is 2.45. The SMILES string of the molecule is O=C1N=NC=c2ccc3c(c21)C=CN=3. The van der Waals surface area contributed by atoms with Gasteiger partial charge in [-0.1, -0.05) is 6.07 Å². The van der Waals surface area contributed by atoms with Crippen LogP contribution in [0.4, 0.5) is 0 Å². The molecule has 0 saturated carbocycles. The number of nitrogens with zero attached hydrogens (tertiary/aromatic N) is 3. The average Bonchev–Trinajstić information content (AvgIpc) is 2.65. The van der Waals surface area contributed by atoms with E-state index in [2.05, 4.69) is 15.2 Å². The van der Waals surface area contributed by atoms with Crippen molar-refractivity contribution in [3.63, 3.8) is 0 Å². The van der Waals surface area contributed by atoms with Crippen LogP contribution in [0.1, 0.15) is 15.9 Å². The number of rotatable bonds is 0. The van der Waals surface area contributed by atoms with Crippen LogP contribution in [-0.2, 0) is 0 Å². The Kier molecular flexibility index (Phi) is 1.28. The summed E-state index contributed by atoms with van der Waals surface area (Å²) in [6.07, 6.45) is 5.09. The summed E-state index contributed by atoms with van der Waals surface area (Å²) in [5, 5.41) is 8.76.